The Hall–Kier alpha value is -1.22. The van der Waals surface area contributed by atoms with E-state index < -0.39 is 5.51 Å². The standard InChI is InChI=1S/C10H14F3N3O2S/c1-17-8-7(9(18-2)16-6-15-8)5-14-3-4-19-10(11,12)13/h6,14H,3-5H2,1-2H3. The van der Waals surface area contributed by atoms with Crippen LogP contribution in [0.4, 0.5) is 13.2 Å². The summed E-state index contributed by atoms with van der Waals surface area (Å²) in [7, 11) is 2.90. The number of halogens is 3. The maximum Gasteiger partial charge on any atom is 0.441 e. The molecule has 0 atom stereocenters. The lowest BCUT2D eigenvalue weighted by molar-refractivity contribution is -0.0327. The Kier molecular flexibility index (Phi) is 6.16. The van der Waals surface area contributed by atoms with Crippen LogP contribution >= 0.6 is 11.8 Å². The molecule has 0 amide bonds. The number of thioether (sulfide) groups is 1. The molecule has 0 aliphatic carbocycles. The first-order valence-electron chi connectivity index (χ1n) is 5.31. The minimum absolute atomic E-state index is 0.0676. The second kappa shape index (κ2) is 7.39. The molecule has 0 aliphatic rings. The average molecular weight is 297 g/mol. The lowest BCUT2D eigenvalue weighted by Gasteiger charge is -2.11. The van der Waals surface area contributed by atoms with Crippen LogP contribution in [-0.4, -0.2) is 42.0 Å². The molecule has 19 heavy (non-hydrogen) atoms. The Morgan fingerprint density at radius 3 is 2.26 bits per heavy atom. The molecule has 1 aromatic heterocycles. The molecule has 0 aliphatic heterocycles. The minimum atomic E-state index is -4.20. The Balaban J connectivity index is 2.48. The van der Waals surface area contributed by atoms with Crippen molar-refractivity contribution in [1.29, 1.82) is 0 Å². The lowest BCUT2D eigenvalue weighted by Crippen LogP contribution is -2.19. The summed E-state index contributed by atoms with van der Waals surface area (Å²) >= 11 is -0.0676. The lowest BCUT2D eigenvalue weighted by atomic mass is 10.3. The Bertz CT molecular complexity index is 382. The van der Waals surface area contributed by atoms with Crippen LogP contribution in [0.25, 0.3) is 0 Å². The number of hydrogen-bond acceptors (Lipinski definition) is 6. The van der Waals surface area contributed by atoms with E-state index in [0.717, 1.165) is 0 Å². The summed E-state index contributed by atoms with van der Waals surface area (Å²) in [5, 5.41) is 2.86. The van der Waals surface area contributed by atoms with E-state index in [1.165, 1.54) is 20.5 Å². The summed E-state index contributed by atoms with van der Waals surface area (Å²) in [4.78, 5) is 7.81. The van der Waals surface area contributed by atoms with Crippen molar-refractivity contribution in [2.24, 2.45) is 0 Å². The van der Waals surface area contributed by atoms with E-state index in [0.29, 0.717) is 17.3 Å². The molecule has 1 N–H and O–H groups in total. The van der Waals surface area contributed by atoms with Gasteiger partial charge in [-0.05, 0) is 11.8 Å². The van der Waals surface area contributed by atoms with Gasteiger partial charge in [0.15, 0.2) is 0 Å². The third-order valence-electron chi connectivity index (χ3n) is 2.10. The fourth-order valence-corrected chi connectivity index (χ4v) is 1.81. The third kappa shape index (κ3) is 5.52. The molecule has 5 nitrogen and oxygen atoms in total. The molecule has 0 fully saturated rings. The minimum Gasteiger partial charge on any atom is -0.481 e. The molecule has 9 heteroatoms. The van der Waals surface area contributed by atoms with E-state index in [4.69, 9.17) is 9.47 Å². The van der Waals surface area contributed by atoms with E-state index in [2.05, 4.69) is 15.3 Å². The highest BCUT2D eigenvalue weighted by atomic mass is 32.2. The number of alkyl halides is 3. The fraction of sp³-hybridized carbons (Fsp3) is 0.600. The number of nitrogens with zero attached hydrogens (tertiary/aromatic N) is 2. The zero-order chi connectivity index (χ0) is 14.3. The smallest absolute Gasteiger partial charge is 0.441 e. The van der Waals surface area contributed by atoms with E-state index in [9.17, 15) is 13.2 Å². The van der Waals surface area contributed by atoms with Crippen LogP contribution in [0.2, 0.25) is 0 Å². The summed E-state index contributed by atoms with van der Waals surface area (Å²) < 4.78 is 45.8. The van der Waals surface area contributed by atoms with Gasteiger partial charge in [0.05, 0.1) is 19.8 Å². The summed E-state index contributed by atoms with van der Waals surface area (Å²) in [6.45, 7) is 0.469. The maximum atomic E-state index is 11.9. The predicted octanol–water partition coefficient (Wildman–Crippen LogP) is 1.84. The normalized spacial score (nSPS) is 11.4. The van der Waals surface area contributed by atoms with Crippen LogP contribution in [0.5, 0.6) is 11.8 Å². The Morgan fingerprint density at radius 1 is 1.21 bits per heavy atom. The van der Waals surface area contributed by atoms with Crippen molar-refractivity contribution in [3.8, 4) is 11.8 Å². The van der Waals surface area contributed by atoms with Crippen LogP contribution < -0.4 is 14.8 Å². The first-order chi connectivity index (χ1) is 8.98. The van der Waals surface area contributed by atoms with Gasteiger partial charge < -0.3 is 14.8 Å². The number of nitrogens with one attached hydrogen (secondary N) is 1. The third-order valence-corrected chi connectivity index (χ3v) is 2.83. The Morgan fingerprint density at radius 2 is 1.79 bits per heavy atom. The maximum absolute atomic E-state index is 11.9. The van der Waals surface area contributed by atoms with Crippen molar-refractivity contribution in [3.63, 3.8) is 0 Å². The topological polar surface area (TPSA) is 56.3 Å². The predicted molar refractivity (Wildman–Crippen MR) is 65.4 cm³/mol. The number of ether oxygens (including phenoxy) is 2. The van der Waals surface area contributed by atoms with Gasteiger partial charge in [-0.1, -0.05) is 0 Å². The van der Waals surface area contributed by atoms with E-state index in [1.54, 1.807) is 0 Å². The number of aromatic nitrogens is 2. The van der Waals surface area contributed by atoms with Gasteiger partial charge in [0.1, 0.15) is 6.33 Å². The zero-order valence-corrected chi connectivity index (χ0v) is 11.3. The van der Waals surface area contributed by atoms with Crippen molar-refractivity contribution in [1.82, 2.24) is 15.3 Å². The first-order valence-corrected chi connectivity index (χ1v) is 6.29. The van der Waals surface area contributed by atoms with E-state index >= 15 is 0 Å². The van der Waals surface area contributed by atoms with Crippen molar-refractivity contribution in [2.45, 2.75) is 12.1 Å². The molecule has 0 aromatic carbocycles. The summed E-state index contributed by atoms with van der Waals surface area (Å²) in [6, 6.07) is 0. The molecule has 0 bridgehead atoms. The van der Waals surface area contributed by atoms with Crippen LogP contribution in [0, 0.1) is 0 Å². The molecule has 0 unspecified atom stereocenters. The molecule has 0 spiro atoms. The van der Waals surface area contributed by atoms with Gasteiger partial charge >= 0.3 is 5.51 Å². The van der Waals surface area contributed by atoms with Crippen molar-refractivity contribution in [2.75, 3.05) is 26.5 Å². The molecule has 1 aromatic rings. The van der Waals surface area contributed by atoms with Gasteiger partial charge in [0.25, 0.3) is 0 Å². The SMILES string of the molecule is COc1ncnc(OC)c1CNCCSC(F)(F)F. The molecule has 0 radical (unpaired) electrons. The van der Waals surface area contributed by atoms with Gasteiger partial charge in [-0.15, -0.1) is 0 Å². The quantitative estimate of drug-likeness (QED) is 0.775. The van der Waals surface area contributed by atoms with Gasteiger partial charge in [0, 0.05) is 18.8 Å². The molecule has 1 heterocycles. The molecule has 108 valence electrons. The molecule has 1 rings (SSSR count). The van der Waals surface area contributed by atoms with Crippen molar-refractivity contribution in [3.05, 3.63) is 11.9 Å². The number of rotatable bonds is 7. The van der Waals surface area contributed by atoms with Crippen LogP contribution in [0.1, 0.15) is 5.56 Å². The highest BCUT2D eigenvalue weighted by Gasteiger charge is 2.27. The Labute approximate surface area is 112 Å². The van der Waals surface area contributed by atoms with E-state index in [-0.39, 0.29) is 30.6 Å². The molecule has 0 saturated carbocycles. The van der Waals surface area contributed by atoms with Crippen LogP contribution in [0.15, 0.2) is 6.33 Å². The monoisotopic (exact) mass is 297 g/mol. The fourth-order valence-electron chi connectivity index (χ4n) is 1.34. The summed E-state index contributed by atoms with van der Waals surface area (Å²) in [6.07, 6.45) is 1.29. The molecular formula is C10H14F3N3O2S. The highest BCUT2D eigenvalue weighted by molar-refractivity contribution is 8.00. The first kappa shape index (κ1) is 15.8. The summed E-state index contributed by atoms with van der Waals surface area (Å²) in [5.41, 5.74) is -3.63. The van der Waals surface area contributed by atoms with Crippen molar-refractivity contribution >= 4 is 11.8 Å². The largest absolute Gasteiger partial charge is 0.481 e. The number of hydrogen-bond donors (Lipinski definition) is 1. The second-order valence-electron chi connectivity index (χ2n) is 3.34. The molecular weight excluding hydrogens is 283 g/mol. The van der Waals surface area contributed by atoms with Gasteiger partial charge in [-0.2, -0.15) is 13.2 Å². The highest BCUT2D eigenvalue weighted by Crippen LogP contribution is 2.29. The summed E-state index contributed by atoms with van der Waals surface area (Å²) in [5.74, 6) is 0.604. The number of methoxy groups -OCH3 is 2. The van der Waals surface area contributed by atoms with Crippen LogP contribution in [-0.2, 0) is 6.54 Å². The van der Waals surface area contributed by atoms with Crippen molar-refractivity contribution < 1.29 is 22.6 Å². The molecule has 0 saturated heterocycles. The van der Waals surface area contributed by atoms with Gasteiger partial charge in [-0.25, -0.2) is 9.97 Å². The van der Waals surface area contributed by atoms with E-state index in [1.807, 2.05) is 0 Å². The second-order valence-corrected chi connectivity index (χ2v) is 4.50. The van der Waals surface area contributed by atoms with Crippen LogP contribution in [0.3, 0.4) is 0 Å². The zero-order valence-electron chi connectivity index (χ0n) is 10.5. The van der Waals surface area contributed by atoms with Gasteiger partial charge in [-0.3, -0.25) is 0 Å². The van der Waals surface area contributed by atoms with Gasteiger partial charge in [0.2, 0.25) is 11.8 Å². The average Bonchev–Trinajstić information content (AvgIpc) is 2.36.